The molecule has 0 saturated heterocycles. The molecule has 0 aliphatic heterocycles. The van der Waals surface area contributed by atoms with Crippen molar-refractivity contribution in [2.75, 3.05) is 6.61 Å². The maximum atomic E-state index is 10.5. The van der Waals surface area contributed by atoms with Crippen molar-refractivity contribution >= 4 is 49.5 Å². The third-order valence-corrected chi connectivity index (χ3v) is 1.38. The predicted octanol–water partition coefficient (Wildman–Crippen LogP) is -3.67. The van der Waals surface area contributed by atoms with Crippen molar-refractivity contribution in [2.24, 2.45) is 0 Å². The summed E-state index contributed by atoms with van der Waals surface area (Å²) < 4.78 is 0. The van der Waals surface area contributed by atoms with Crippen molar-refractivity contribution in [1.29, 1.82) is 0 Å². The number of hydrogen-bond donors (Lipinski definition) is 5. The van der Waals surface area contributed by atoms with Gasteiger partial charge in [0.2, 0.25) is 0 Å². The van der Waals surface area contributed by atoms with Crippen molar-refractivity contribution in [3.8, 4) is 0 Å². The molecule has 0 aliphatic rings. The van der Waals surface area contributed by atoms with Crippen molar-refractivity contribution < 1.29 is 35.1 Å². The first-order chi connectivity index (χ1) is 5.91. The van der Waals surface area contributed by atoms with E-state index < -0.39 is 36.7 Å². The number of carbonyl (C=O) groups excluding carboxylic acids is 1. The molecule has 0 aromatic heterocycles. The topological polar surface area (TPSA) is 135 Å². The number of carboxylic acids is 1. The molecule has 0 aromatic rings. The fourth-order valence-corrected chi connectivity index (χ4v) is 0.600. The van der Waals surface area contributed by atoms with Crippen LogP contribution in [-0.4, -0.2) is 99.9 Å². The molecule has 7 nitrogen and oxygen atoms in total. The molecule has 0 spiro atoms. The Morgan fingerprint density at radius 2 is 1.57 bits per heavy atom. The van der Waals surface area contributed by atoms with Crippen molar-refractivity contribution in [3.63, 3.8) is 0 Å². The van der Waals surface area contributed by atoms with E-state index in [2.05, 4.69) is 0 Å². The van der Waals surface area contributed by atoms with E-state index in [1.807, 2.05) is 0 Å². The van der Waals surface area contributed by atoms with Crippen LogP contribution >= 0.6 is 0 Å². The fraction of sp³-hybridized carbons (Fsp3) is 0.667. The van der Waals surface area contributed by atoms with Crippen LogP contribution in [0, 0.1) is 0 Å². The third-order valence-electron chi connectivity index (χ3n) is 1.38. The molecule has 0 aliphatic carbocycles. The first-order valence-corrected chi connectivity index (χ1v) is 3.34. The summed E-state index contributed by atoms with van der Waals surface area (Å²) in [5.41, 5.74) is 0. The summed E-state index contributed by atoms with van der Waals surface area (Å²) >= 11 is 0. The average Bonchev–Trinajstić information content (AvgIpc) is 2.12. The maximum absolute atomic E-state index is 10.5. The van der Waals surface area contributed by atoms with E-state index in [9.17, 15) is 9.59 Å². The standard InChI is InChI=1S/C6H10O7.Ca/c7-1-2(8)3(9)4(10)5(11)6(12)13;/h2-4,7-10H,1H2,(H,12,13);/q;+2. The summed E-state index contributed by atoms with van der Waals surface area (Å²) in [4.78, 5) is 20.5. The normalized spacial score (nSPS) is 16.3. The van der Waals surface area contributed by atoms with Gasteiger partial charge in [0.1, 0.15) is 12.2 Å². The first-order valence-electron chi connectivity index (χ1n) is 3.34. The number of Topliss-reactive ketones (excluding diaryl/α,β-unsaturated/α-hetero) is 1. The number of hydrogen-bond acceptors (Lipinski definition) is 6. The minimum atomic E-state index is -2.24. The largest absolute Gasteiger partial charge is 2.00 e. The van der Waals surface area contributed by atoms with Gasteiger partial charge in [-0.1, -0.05) is 0 Å². The van der Waals surface area contributed by atoms with Crippen LogP contribution in [0.3, 0.4) is 0 Å². The molecule has 0 amide bonds. The van der Waals surface area contributed by atoms with Crippen LogP contribution in [0.5, 0.6) is 0 Å². The summed E-state index contributed by atoms with van der Waals surface area (Å²) in [5, 5.41) is 42.8. The second-order valence-corrected chi connectivity index (χ2v) is 2.35. The van der Waals surface area contributed by atoms with E-state index in [1.54, 1.807) is 0 Å². The van der Waals surface area contributed by atoms with Gasteiger partial charge in [-0.05, 0) is 0 Å². The number of carboxylic acid groups (broad SMARTS) is 1. The summed E-state index contributed by atoms with van der Waals surface area (Å²) in [5.74, 6) is -3.56. The van der Waals surface area contributed by atoms with Crippen LogP contribution < -0.4 is 0 Å². The zero-order valence-electron chi connectivity index (χ0n) is 7.20. The van der Waals surface area contributed by atoms with E-state index in [4.69, 9.17) is 25.5 Å². The summed E-state index contributed by atoms with van der Waals surface area (Å²) in [7, 11) is 0. The Bertz CT molecular complexity index is 206. The Morgan fingerprint density at radius 1 is 1.14 bits per heavy atom. The molecule has 3 atom stereocenters. The van der Waals surface area contributed by atoms with E-state index in [-0.39, 0.29) is 37.7 Å². The summed E-state index contributed by atoms with van der Waals surface area (Å²) in [6, 6.07) is 0. The molecule has 14 heavy (non-hydrogen) atoms. The van der Waals surface area contributed by atoms with Gasteiger partial charge in [0.25, 0.3) is 5.78 Å². The van der Waals surface area contributed by atoms with Crippen molar-refractivity contribution in [1.82, 2.24) is 0 Å². The van der Waals surface area contributed by atoms with Gasteiger partial charge in [0.15, 0.2) is 6.10 Å². The van der Waals surface area contributed by atoms with Crippen molar-refractivity contribution in [2.45, 2.75) is 18.3 Å². The second-order valence-electron chi connectivity index (χ2n) is 2.35. The monoisotopic (exact) mass is 234 g/mol. The van der Waals surface area contributed by atoms with Crippen LogP contribution in [0.2, 0.25) is 0 Å². The van der Waals surface area contributed by atoms with Crippen molar-refractivity contribution in [3.05, 3.63) is 0 Å². The Balaban J connectivity index is 0. The summed E-state index contributed by atoms with van der Waals surface area (Å²) in [6.45, 7) is -0.884. The molecular weight excluding hydrogens is 224 g/mol. The van der Waals surface area contributed by atoms with E-state index >= 15 is 0 Å². The van der Waals surface area contributed by atoms with Crippen LogP contribution in [0.15, 0.2) is 0 Å². The Labute approximate surface area is 109 Å². The van der Waals surface area contributed by atoms with Gasteiger partial charge < -0.3 is 25.5 Å². The number of ketones is 1. The van der Waals surface area contributed by atoms with Gasteiger partial charge in [-0.25, -0.2) is 4.79 Å². The third kappa shape index (κ3) is 4.65. The van der Waals surface area contributed by atoms with E-state index in [1.165, 1.54) is 0 Å². The summed E-state index contributed by atoms with van der Waals surface area (Å²) in [6.07, 6.45) is -5.99. The molecule has 0 bridgehead atoms. The van der Waals surface area contributed by atoms with E-state index in [0.717, 1.165) is 0 Å². The molecule has 8 heteroatoms. The Kier molecular flexibility index (Phi) is 8.95. The van der Waals surface area contributed by atoms with Crippen LogP contribution in [0.1, 0.15) is 0 Å². The maximum Gasteiger partial charge on any atom is 2.00 e. The van der Waals surface area contributed by atoms with Gasteiger partial charge >= 0.3 is 43.7 Å². The molecule has 0 fully saturated rings. The predicted molar refractivity (Wildman–Crippen MR) is 43.5 cm³/mol. The first kappa shape index (κ1) is 16.7. The molecular formula is C6H10CaO7+2. The molecule has 0 aromatic carbocycles. The fourth-order valence-electron chi connectivity index (χ4n) is 0.600. The molecule has 0 heterocycles. The van der Waals surface area contributed by atoms with Crippen LogP contribution in [0.25, 0.3) is 0 Å². The SMILES string of the molecule is O=C(O)C(=O)C(O)C(O)C(O)CO.[Ca+2]. The Morgan fingerprint density at radius 3 is 1.86 bits per heavy atom. The minimum absolute atomic E-state index is 0. The number of carbonyl (C=O) groups is 2. The number of aliphatic carboxylic acids is 1. The van der Waals surface area contributed by atoms with Gasteiger partial charge in [-0.3, -0.25) is 4.79 Å². The average molecular weight is 234 g/mol. The van der Waals surface area contributed by atoms with Crippen LogP contribution in [-0.2, 0) is 9.59 Å². The molecule has 0 radical (unpaired) electrons. The van der Waals surface area contributed by atoms with Crippen LogP contribution in [0.4, 0.5) is 0 Å². The van der Waals surface area contributed by atoms with Gasteiger partial charge in [0.05, 0.1) is 6.61 Å². The molecule has 3 unspecified atom stereocenters. The molecule has 76 valence electrons. The van der Waals surface area contributed by atoms with E-state index in [0.29, 0.717) is 0 Å². The van der Waals surface area contributed by atoms with Gasteiger partial charge in [-0.2, -0.15) is 0 Å². The molecule has 0 rings (SSSR count). The zero-order chi connectivity index (χ0) is 10.6. The molecule has 0 saturated carbocycles. The number of aliphatic hydroxyl groups is 4. The van der Waals surface area contributed by atoms with Gasteiger partial charge in [0, 0.05) is 0 Å². The quantitative estimate of drug-likeness (QED) is 0.244. The number of rotatable bonds is 5. The molecule has 5 N–H and O–H groups in total. The van der Waals surface area contributed by atoms with Gasteiger partial charge in [-0.15, -0.1) is 0 Å². The minimum Gasteiger partial charge on any atom is -0.475 e. The smallest absolute Gasteiger partial charge is 0.475 e. The second kappa shape index (κ2) is 7.52. The number of aliphatic hydroxyl groups excluding tert-OH is 4. The zero-order valence-corrected chi connectivity index (χ0v) is 9.41. The Hall–Kier alpha value is 0.240.